The van der Waals surface area contributed by atoms with Crippen molar-refractivity contribution in [2.75, 3.05) is 0 Å². The number of rotatable bonds is 7. The fraction of sp³-hybridized carbons (Fsp3) is 0.739. The number of hydrogen-bond acceptors (Lipinski definition) is 11. The van der Waals surface area contributed by atoms with Crippen molar-refractivity contribution in [1.29, 1.82) is 0 Å². The molecule has 1 fully saturated rings. The molecule has 0 amide bonds. The lowest BCUT2D eigenvalue weighted by Gasteiger charge is -2.41. The maximum Gasteiger partial charge on any atom is 0.355 e. The number of ether oxygens (including phenoxy) is 2. The van der Waals surface area contributed by atoms with Gasteiger partial charge in [0, 0.05) is 11.3 Å². The van der Waals surface area contributed by atoms with Gasteiger partial charge in [0.2, 0.25) is 8.32 Å². The van der Waals surface area contributed by atoms with Crippen molar-refractivity contribution in [3.8, 4) is 0 Å². The summed E-state index contributed by atoms with van der Waals surface area (Å²) in [6, 6.07) is 0. The number of carbonyl (C=O) groups is 2. The lowest BCUT2D eigenvalue weighted by molar-refractivity contribution is -0.288. The molecular weight excluding hydrogens is 520 g/mol. The molecule has 0 bridgehead atoms. The van der Waals surface area contributed by atoms with Crippen molar-refractivity contribution in [2.45, 2.75) is 109 Å². The predicted octanol–water partition coefficient (Wildman–Crippen LogP) is 5.01. The van der Waals surface area contributed by atoms with Crippen LogP contribution in [0.1, 0.15) is 60.8 Å². The van der Waals surface area contributed by atoms with E-state index in [1.807, 2.05) is 67.7 Å². The largest absolute Gasteiger partial charge is 0.527 e. The maximum atomic E-state index is 13.4. The lowest BCUT2D eigenvalue weighted by Crippen LogP contribution is -2.59. The van der Waals surface area contributed by atoms with E-state index < -0.39 is 46.2 Å². The predicted molar refractivity (Wildman–Crippen MR) is 141 cm³/mol. The Balaban J connectivity index is 2.52. The number of thiocarbonyl (C=S) groups is 1. The van der Waals surface area contributed by atoms with Gasteiger partial charge in [-0.15, -0.1) is 0 Å². The SMILES string of the molecule is [CH]OC1(C(=O)OC2N(O)C(O[Si](C)(C)C(C)(C)C)=C(O)N2O[Si](C)(C)C(C)(C)C)C(=O)CCCC1=S. The number of ketones is 1. The molecule has 36 heavy (non-hydrogen) atoms. The third-order valence-electron chi connectivity index (χ3n) is 7.58. The van der Waals surface area contributed by atoms with Crippen LogP contribution < -0.4 is 0 Å². The first-order valence-electron chi connectivity index (χ1n) is 11.9. The van der Waals surface area contributed by atoms with Gasteiger partial charge in [-0.3, -0.25) is 10.0 Å². The van der Waals surface area contributed by atoms with Crippen LogP contribution in [0.25, 0.3) is 0 Å². The van der Waals surface area contributed by atoms with E-state index in [1.54, 1.807) is 0 Å². The molecule has 2 rings (SSSR count). The van der Waals surface area contributed by atoms with Gasteiger partial charge in [0.1, 0.15) is 7.11 Å². The molecule has 0 aromatic carbocycles. The van der Waals surface area contributed by atoms with Gasteiger partial charge < -0.3 is 23.5 Å². The average Bonchev–Trinajstić information content (AvgIpc) is 2.91. The topological polar surface area (TPSA) is 118 Å². The number of hydroxylamine groups is 4. The Hall–Kier alpha value is -1.52. The van der Waals surface area contributed by atoms with Crippen LogP contribution >= 0.6 is 12.2 Å². The fourth-order valence-electron chi connectivity index (χ4n) is 3.06. The number of carbonyl (C=O) groups excluding carboxylic acids is 2. The van der Waals surface area contributed by atoms with Crippen LogP contribution in [0.2, 0.25) is 36.3 Å². The summed E-state index contributed by atoms with van der Waals surface area (Å²) in [6.45, 7) is 19.6. The van der Waals surface area contributed by atoms with Crippen molar-refractivity contribution >= 4 is 45.5 Å². The first kappa shape index (κ1) is 30.7. The molecule has 0 spiro atoms. The van der Waals surface area contributed by atoms with Gasteiger partial charge in [0.15, 0.2) is 5.78 Å². The highest BCUT2D eigenvalue weighted by Gasteiger charge is 2.57. The van der Waals surface area contributed by atoms with Crippen LogP contribution in [0.5, 0.6) is 0 Å². The van der Waals surface area contributed by atoms with E-state index in [0.717, 1.165) is 5.06 Å². The van der Waals surface area contributed by atoms with Gasteiger partial charge >= 0.3 is 12.3 Å². The number of hydrogen-bond donors (Lipinski definition) is 2. The Kier molecular flexibility index (Phi) is 8.52. The molecule has 2 radical (unpaired) electrons. The molecule has 1 saturated carbocycles. The van der Waals surface area contributed by atoms with Crippen molar-refractivity contribution in [2.24, 2.45) is 0 Å². The summed E-state index contributed by atoms with van der Waals surface area (Å²) < 4.78 is 22.8. The second-order valence-electron chi connectivity index (χ2n) is 12.2. The van der Waals surface area contributed by atoms with E-state index in [1.165, 1.54) is 0 Å². The molecule has 1 aliphatic heterocycles. The molecule has 0 aromatic rings. The molecule has 2 atom stereocenters. The Morgan fingerprint density at radius 3 is 2.06 bits per heavy atom. The number of aliphatic hydroxyl groups is 1. The molecule has 10 nitrogen and oxygen atoms in total. The summed E-state index contributed by atoms with van der Waals surface area (Å²) in [5, 5.41) is 23.0. The van der Waals surface area contributed by atoms with Gasteiger partial charge in [-0.25, -0.2) is 4.79 Å². The van der Waals surface area contributed by atoms with Crippen LogP contribution in [-0.2, 0) is 28.0 Å². The minimum absolute atomic E-state index is 0.0134. The molecular formula is C23H40N2O8SSi2. The summed E-state index contributed by atoms with van der Waals surface area (Å²) in [5.74, 6) is -2.74. The summed E-state index contributed by atoms with van der Waals surface area (Å²) >= 11 is 5.27. The van der Waals surface area contributed by atoms with Gasteiger partial charge in [0.05, 0.1) is 0 Å². The van der Waals surface area contributed by atoms with Crippen molar-refractivity contribution in [3.05, 3.63) is 18.9 Å². The number of esters is 1. The van der Waals surface area contributed by atoms with Crippen LogP contribution in [0.3, 0.4) is 0 Å². The molecule has 204 valence electrons. The van der Waals surface area contributed by atoms with Crippen LogP contribution in [0, 0.1) is 7.11 Å². The van der Waals surface area contributed by atoms with E-state index in [2.05, 4.69) is 0 Å². The lowest BCUT2D eigenvalue weighted by atomic mass is 9.83. The van der Waals surface area contributed by atoms with Gasteiger partial charge in [-0.1, -0.05) is 53.8 Å². The minimum Gasteiger partial charge on any atom is -0.527 e. The van der Waals surface area contributed by atoms with Gasteiger partial charge in [-0.05, 0) is 49.1 Å². The van der Waals surface area contributed by atoms with Gasteiger partial charge in [-0.2, -0.15) is 10.1 Å². The third-order valence-corrected chi connectivity index (χ3v) is 16.7. The molecule has 2 unspecified atom stereocenters. The van der Waals surface area contributed by atoms with Crippen LogP contribution in [0.15, 0.2) is 11.8 Å². The van der Waals surface area contributed by atoms with E-state index >= 15 is 0 Å². The quantitative estimate of drug-likeness (QED) is 0.189. The zero-order valence-electron chi connectivity index (χ0n) is 22.9. The maximum absolute atomic E-state index is 13.4. The Morgan fingerprint density at radius 1 is 1.08 bits per heavy atom. The highest BCUT2D eigenvalue weighted by atomic mass is 32.1. The van der Waals surface area contributed by atoms with Crippen LogP contribution in [0.4, 0.5) is 0 Å². The molecule has 2 aliphatic rings. The molecule has 1 aliphatic carbocycles. The first-order valence-corrected chi connectivity index (χ1v) is 18.1. The first-order chi connectivity index (χ1) is 16.1. The monoisotopic (exact) mass is 560 g/mol. The molecule has 13 heteroatoms. The summed E-state index contributed by atoms with van der Waals surface area (Å²) in [6.07, 6.45) is -0.989. The van der Waals surface area contributed by atoms with Gasteiger partial charge in [0.25, 0.3) is 25.7 Å². The minimum atomic E-state index is -2.64. The number of aliphatic hydroxyl groups excluding tert-OH is 1. The standard InChI is InChI=1S/C23H40N2O8SSi2/c1-21(2,3)35(8,9)32-18-17(27)25(33-36(10,11)22(4,5)6)20(24(18)29)31-19(28)23(30-7)15(26)13-12-14-16(23)34/h7,20,27,29H,12-14H2,1-6,8-11H3. The Labute approximate surface area is 221 Å². The molecule has 2 N–H and O–H groups in total. The molecule has 1 heterocycles. The normalized spacial score (nSPS) is 24.5. The highest BCUT2D eigenvalue weighted by molar-refractivity contribution is 7.80. The number of Topliss-reactive ketones (excluding diaryl/α,β-unsaturated/α-hetero) is 1. The molecule has 0 saturated heterocycles. The Bertz CT molecular complexity index is 923. The Morgan fingerprint density at radius 2 is 1.61 bits per heavy atom. The van der Waals surface area contributed by atoms with Crippen molar-refractivity contribution in [3.63, 3.8) is 0 Å². The van der Waals surface area contributed by atoms with E-state index in [-0.39, 0.29) is 33.7 Å². The fourth-order valence-corrected chi connectivity index (χ4v) is 5.37. The smallest absolute Gasteiger partial charge is 0.355 e. The average molecular weight is 561 g/mol. The zero-order valence-corrected chi connectivity index (χ0v) is 25.7. The van der Waals surface area contributed by atoms with E-state index in [9.17, 15) is 19.9 Å². The second-order valence-corrected chi connectivity index (χ2v) is 22.2. The van der Waals surface area contributed by atoms with Crippen molar-refractivity contribution in [1.82, 2.24) is 10.1 Å². The molecule has 0 aromatic heterocycles. The summed E-state index contributed by atoms with van der Waals surface area (Å²) in [5.41, 5.74) is -2.30. The van der Waals surface area contributed by atoms with Crippen LogP contribution in [-0.4, -0.2) is 65.6 Å². The summed E-state index contributed by atoms with van der Waals surface area (Å²) in [7, 11) is 0.189. The summed E-state index contributed by atoms with van der Waals surface area (Å²) in [4.78, 5) is 26.1. The van der Waals surface area contributed by atoms with E-state index in [4.69, 9.17) is 37.8 Å². The van der Waals surface area contributed by atoms with Crippen molar-refractivity contribution < 1.29 is 38.3 Å². The highest BCUT2D eigenvalue weighted by Crippen LogP contribution is 2.43. The number of nitrogens with zero attached hydrogens (tertiary/aromatic N) is 2. The second kappa shape index (κ2) is 9.99. The zero-order chi connectivity index (χ0) is 28.1. The third kappa shape index (κ3) is 5.36. The van der Waals surface area contributed by atoms with E-state index in [0.29, 0.717) is 11.5 Å².